The second-order valence-corrected chi connectivity index (χ2v) is 7.89. The van der Waals surface area contributed by atoms with Gasteiger partial charge in [0.2, 0.25) is 0 Å². The zero-order valence-electron chi connectivity index (χ0n) is 17.4. The predicted octanol–water partition coefficient (Wildman–Crippen LogP) is 6.74. The van der Waals surface area contributed by atoms with E-state index in [2.05, 4.69) is 20.8 Å². The van der Waals surface area contributed by atoms with E-state index in [1.165, 1.54) is 18.2 Å². The lowest BCUT2D eigenvalue weighted by Gasteiger charge is -2.08. The molecule has 2 amide bonds. The Bertz CT molecular complexity index is 1310. The number of halogens is 3. The van der Waals surface area contributed by atoms with Gasteiger partial charge in [0.1, 0.15) is 5.82 Å². The quantitative estimate of drug-likeness (QED) is 0.331. The summed E-state index contributed by atoms with van der Waals surface area (Å²) in [5.74, 6) is 0.846. The molecule has 4 aromatic rings. The summed E-state index contributed by atoms with van der Waals surface area (Å²) < 4.78 is 15.1. The maximum atomic E-state index is 13.3. The number of amides is 2. The third-order valence-electron chi connectivity index (χ3n) is 4.79. The molecule has 0 aliphatic rings. The number of urea groups is 1. The molecule has 2 N–H and O–H groups in total. The lowest BCUT2D eigenvalue weighted by molar-refractivity contribution is 0.262. The summed E-state index contributed by atoms with van der Waals surface area (Å²) in [6.07, 6.45) is 3.58. The summed E-state index contributed by atoms with van der Waals surface area (Å²) in [5, 5.41) is 14.9. The predicted molar refractivity (Wildman–Crippen MR) is 131 cm³/mol. The molecule has 0 aliphatic heterocycles. The van der Waals surface area contributed by atoms with Gasteiger partial charge in [-0.3, -0.25) is 0 Å². The standard InChI is InChI=1S/C24H18Cl2FN5O/c1-32-22(13-12-19-20(25)6-3-7-21(19)26)30-31-23(32)15-8-10-17(11-9-15)28-24(33)29-18-5-2-4-16(27)14-18/h2-14H,1H3,(H2,28,29,33)/b13-12+. The molecule has 0 atom stereocenters. The van der Waals surface area contributed by atoms with E-state index in [0.29, 0.717) is 38.6 Å². The number of carbonyl (C=O) groups is 1. The molecule has 0 bridgehead atoms. The first kappa shape index (κ1) is 22.5. The molecule has 4 rings (SSSR count). The number of anilines is 2. The van der Waals surface area contributed by atoms with Crippen LogP contribution >= 0.6 is 23.2 Å². The highest BCUT2D eigenvalue weighted by atomic mass is 35.5. The Hall–Kier alpha value is -3.68. The van der Waals surface area contributed by atoms with Crippen molar-refractivity contribution >= 4 is 52.8 Å². The Balaban J connectivity index is 1.45. The van der Waals surface area contributed by atoms with E-state index in [1.54, 1.807) is 48.6 Å². The molecule has 1 heterocycles. The van der Waals surface area contributed by atoms with Crippen LogP contribution in [0.25, 0.3) is 23.5 Å². The van der Waals surface area contributed by atoms with E-state index in [1.807, 2.05) is 23.7 Å². The minimum Gasteiger partial charge on any atom is -0.311 e. The fraction of sp³-hybridized carbons (Fsp3) is 0.0417. The van der Waals surface area contributed by atoms with Crippen LogP contribution in [0.3, 0.4) is 0 Å². The summed E-state index contributed by atoms with van der Waals surface area (Å²) in [5.41, 5.74) is 2.46. The number of benzene rings is 3. The highest BCUT2D eigenvalue weighted by Crippen LogP contribution is 2.27. The maximum Gasteiger partial charge on any atom is 0.323 e. The summed E-state index contributed by atoms with van der Waals surface area (Å²) in [6.45, 7) is 0. The molecule has 0 saturated carbocycles. The van der Waals surface area contributed by atoms with Gasteiger partial charge in [-0.1, -0.05) is 35.3 Å². The van der Waals surface area contributed by atoms with Gasteiger partial charge in [-0.05, 0) is 66.7 Å². The van der Waals surface area contributed by atoms with Crippen LogP contribution in [0.5, 0.6) is 0 Å². The highest BCUT2D eigenvalue weighted by molar-refractivity contribution is 6.37. The number of nitrogens with zero attached hydrogens (tertiary/aromatic N) is 3. The van der Waals surface area contributed by atoms with Crippen LogP contribution in [0.15, 0.2) is 66.7 Å². The Labute approximate surface area is 199 Å². The van der Waals surface area contributed by atoms with Crippen LogP contribution in [0.4, 0.5) is 20.6 Å². The highest BCUT2D eigenvalue weighted by Gasteiger charge is 2.10. The lowest BCUT2D eigenvalue weighted by atomic mass is 10.2. The fourth-order valence-corrected chi connectivity index (χ4v) is 3.65. The molecule has 0 fully saturated rings. The zero-order chi connectivity index (χ0) is 23.4. The molecule has 0 aliphatic carbocycles. The third-order valence-corrected chi connectivity index (χ3v) is 5.45. The first-order chi connectivity index (χ1) is 15.9. The van der Waals surface area contributed by atoms with Crippen molar-refractivity contribution in [2.45, 2.75) is 0 Å². The van der Waals surface area contributed by atoms with Gasteiger partial charge in [0.15, 0.2) is 11.6 Å². The van der Waals surface area contributed by atoms with Gasteiger partial charge in [0.25, 0.3) is 0 Å². The average Bonchev–Trinajstić information content (AvgIpc) is 3.14. The van der Waals surface area contributed by atoms with Crippen LogP contribution in [0.2, 0.25) is 10.0 Å². The SMILES string of the molecule is Cn1c(/C=C/c2c(Cl)cccc2Cl)nnc1-c1ccc(NC(=O)Nc2cccc(F)c2)cc1. The van der Waals surface area contributed by atoms with E-state index in [-0.39, 0.29) is 0 Å². The molecule has 0 unspecified atom stereocenters. The van der Waals surface area contributed by atoms with Gasteiger partial charge >= 0.3 is 6.03 Å². The van der Waals surface area contributed by atoms with Crippen LogP contribution < -0.4 is 10.6 Å². The van der Waals surface area contributed by atoms with Crippen LogP contribution in [0.1, 0.15) is 11.4 Å². The van der Waals surface area contributed by atoms with Crippen molar-refractivity contribution < 1.29 is 9.18 Å². The van der Waals surface area contributed by atoms with Crippen LogP contribution in [-0.4, -0.2) is 20.8 Å². The van der Waals surface area contributed by atoms with Gasteiger partial charge in [0.05, 0.1) is 0 Å². The van der Waals surface area contributed by atoms with Crippen molar-refractivity contribution in [3.05, 3.63) is 94.0 Å². The Morgan fingerprint density at radius 2 is 1.58 bits per heavy atom. The lowest BCUT2D eigenvalue weighted by Crippen LogP contribution is -2.19. The number of hydrogen-bond donors (Lipinski definition) is 2. The van der Waals surface area contributed by atoms with Crippen molar-refractivity contribution in [2.24, 2.45) is 7.05 Å². The molecule has 3 aromatic carbocycles. The number of rotatable bonds is 5. The largest absolute Gasteiger partial charge is 0.323 e. The molecular weight excluding hydrogens is 464 g/mol. The minimum atomic E-state index is -0.474. The topological polar surface area (TPSA) is 71.8 Å². The molecule has 1 aromatic heterocycles. The van der Waals surface area contributed by atoms with Gasteiger partial charge < -0.3 is 15.2 Å². The fourth-order valence-electron chi connectivity index (χ4n) is 3.13. The molecule has 0 saturated heterocycles. The second-order valence-electron chi connectivity index (χ2n) is 7.08. The van der Waals surface area contributed by atoms with Gasteiger partial charge in [-0.25, -0.2) is 9.18 Å². The van der Waals surface area contributed by atoms with Crippen molar-refractivity contribution in [1.29, 1.82) is 0 Å². The molecule has 6 nitrogen and oxygen atoms in total. The number of nitrogens with one attached hydrogen (secondary N) is 2. The van der Waals surface area contributed by atoms with Crippen molar-refractivity contribution in [1.82, 2.24) is 14.8 Å². The molecule has 166 valence electrons. The molecule has 0 radical (unpaired) electrons. The Morgan fingerprint density at radius 1 is 0.909 bits per heavy atom. The van der Waals surface area contributed by atoms with Crippen molar-refractivity contribution in [3.8, 4) is 11.4 Å². The summed E-state index contributed by atoms with van der Waals surface area (Å²) >= 11 is 12.4. The minimum absolute atomic E-state index is 0.363. The van der Waals surface area contributed by atoms with Crippen LogP contribution in [0, 0.1) is 5.82 Å². The number of hydrogen-bond acceptors (Lipinski definition) is 3. The molecule has 0 spiro atoms. The first-order valence-electron chi connectivity index (χ1n) is 9.86. The Kier molecular flexibility index (Phi) is 6.72. The average molecular weight is 482 g/mol. The first-order valence-corrected chi connectivity index (χ1v) is 10.6. The van der Waals surface area contributed by atoms with Gasteiger partial charge in [-0.15, -0.1) is 10.2 Å². The Morgan fingerprint density at radius 3 is 2.27 bits per heavy atom. The second kappa shape index (κ2) is 9.85. The van der Waals surface area contributed by atoms with Gasteiger partial charge in [0, 0.05) is 39.6 Å². The van der Waals surface area contributed by atoms with E-state index in [0.717, 1.165) is 5.56 Å². The number of aromatic nitrogens is 3. The monoisotopic (exact) mass is 481 g/mol. The van der Waals surface area contributed by atoms with Crippen molar-refractivity contribution in [2.75, 3.05) is 10.6 Å². The third kappa shape index (κ3) is 5.39. The van der Waals surface area contributed by atoms with E-state index < -0.39 is 11.8 Å². The van der Waals surface area contributed by atoms with E-state index >= 15 is 0 Å². The molecule has 33 heavy (non-hydrogen) atoms. The van der Waals surface area contributed by atoms with Gasteiger partial charge in [-0.2, -0.15) is 0 Å². The number of carbonyl (C=O) groups excluding carboxylic acids is 1. The summed E-state index contributed by atoms with van der Waals surface area (Å²) in [6, 6.07) is 17.6. The molecular formula is C24H18Cl2FN5O. The summed E-state index contributed by atoms with van der Waals surface area (Å²) in [4.78, 5) is 12.1. The van der Waals surface area contributed by atoms with E-state index in [4.69, 9.17) is 23.2 Å². The maximum absolute atomic E-state index is 13.3. The molecule has 9 heteroatoms. The summed E-state index contributed by atoms with van der Waals surface area (Å²) in [7, 11) is 1.85. The zero-order valence-corrected chi connectivity index (χ0v) is 18.9. The van der Waals surface area contributed by atoms with E-state index in [9.17, 15) is 9.18 Å². The smallest absolute Gasteiger partial charge is 0.311 e. The normalized spacial score (nSPS) is 11.0. The van der Waals surface area contributed by atoms with Crippen molar-refractivity contribution in [3.63, 3.8) is 0 Å². The van der Waals surface area contributed by atoms with Crippen LogP contribution in [-0.2, 0) is 7.05 Å².